The molecule has 0 saturated heterocycles. The second kappa shape index (κ2) is 5.09. The fraction of sp³-hybridized carbons (Fsp3) is 0.200. The lowest BCUT2D eigenvalue weighted by Crippen LogP contribution is -2.13. The van der Waals surface area contributed by atoms with E-state index in [4.69, 9.17) is 17.0 Å². The fourth-order valence-electron chi connectivity index (χ4n) is 2.39. The van der Waals surface area contributed by atoms with Crippen molar-refractivity contribution in [1.29, 1.82) is 0 Å². The van der Waals surface area contributed by atoms with Crippen LogP contribution in [0.25, 0.3) is 21.8 Å². The van der Waals surface area contributed by atoms with Crippen molar-refractivity contribution in [2.75, 3.05) is 6.61 Å². The number of carbonyl (C=O) groups is 1. The van der Waals surface area contributed by atoms with Crippen LogP contribution >= 0.6 is 12.2 Å². The van der Waals surface area contributed by atoms with Crippen LogP contribution in [0, 0.1) is 4.77 Å². The summed E-state index contributed by atoms with van der Waals surface area (Å²) in [4.78, 5) is 14.9. The quantitative estimate of drug-likeness (QED) is 0.593. The minimum atomic E-state index is -0.280. The van der Waals surface area contributed by atoms with Gasteiger partial charge in [-0.05, 0) is 30.6 Å². The maximum absolute atomic E-state index is 11.7. The number of hydrogen-bond acceptors (Lipinski definition) is 3. The van der Waals surface area contributed by atoms with Crippen molar-refractivity contribution in [2.24, 2.45) is 0 Å². The number of nitrogens with zero attached hydrogens (tertiary/aromatic N) is 1. The van der Waals surface area contributed by atoms with Crippen LogP contribution in [-0.4, -0.2) is 22.1 Å². The first-order valence-corrected chi connectivity index (χ1v) is 6.87. The van der Waals surface area contributed by atoms with E-state index in [0.717, 1.165) is 21.8 Å². The largest absolute Gasteiger partial charge is 0.465 e. The second-order valence-corrected chi connectivity index (χ2v) is 4.89. The number of fused-ring (bicyclic) bond motifs is 3. The number of nitrogens with one attached hydrogen (secondary N) is 1. The lowest BCUT2D eigenvalue weighted by atomic mass is 10.1. The molecule has 0 fully saturated rings. The van der Waals surface area contributed by atoms with Crippen LogP contribution in [0.15, 0.2) is 36.4 Å². The van der Waals surface area contributed by atoms with Gasteiger partial charge in [-0.1, -0.05) is 30.3 Å². The van der Waals surface area contributed by atoms with Gasteiger partial charge in [-0.25, -0.2) is 0 Å². The van der Waals surface area contributed by atoms with Gasteiger partial charge in [-0.15, -0.1) is 0 Å². The van der Waals surface area contributed by atoms with Gasteiger partial charge in [0, 0.05) is 5.39 Å². The number of imidazole rings is 1. The van der Waals surface area contributed by atoms with E-state index in [-0.39, 0.29) is 12.5 Å². The number of rotatable bonds is 3. The summed E-state index contributed by atoms with van der Waals surface area (Å²) in [5.74, 6) is -0.280. The van der Waals surface area contributed by atoms with E-state index in [0.29, 0.717) is 11.4 Å². The predicted octanol–water partition coefficient (Wildman–Crippen LogP) is 3.42. The summed E-state index contributed by atoms with van der Waals surface area (Å²) in [6.07, 6.45) is 0. The van der Waals surface area contributed by atoms with E-state index in [9.17, 15) is 4.79 Å². The number of H-pyrrole nitrogens is 1. The van der Waals surface area contributed by atoms with E-state index in [1.165, 1.54) is 0 Å². The first-order chi connectivity index (χ1) is 9.70. The lowest BCUT2D eigenvalue weighted by Gasteiger charge is -2.05. The van der Waals surface area contributed by atoms with E-state index in [1.54, 1.807) is 11.5 Å². The third-order valence-electron chi connectivity index (χ3n) is 3.27. The molecule has 0 aliphatic heterocycles. The van der Waals surface area contributed by atoms with E-state index >= 15 is 0 Å². The third kappa shape index (κ3) is 2.10. The first-order valence-electron chi connectivity index (χ1n) is 6.46. The van der Waals surface area contributed by atoms with Crippen LogP contribution in [0.4, 0.5) is 0 Å². The Balaban J connectivity index is 2.19. The molecule has 20 heavy (non-hydrogen) atoms. The van der Waals surface area contributed by atoms with Gasteiger partial charge in [0.15, 0.2) is 4.77 Å². The molecule has 102 valence electrons. The molecule has 0 unspecified atom stereocenters. The molecule has 1 N–H and O–H groups in total. The molecule has 0 amide bonds. The van der Waals surface area contributed by atoms with Crippen molar-refractivity contribution in [3.05, 3.63) is 41.2 Å². The van der Waals surface area contributed by atoms with Crippen molar-refractivity contribution >= 4 is 40.0 Å². The molecule has 0 bridgehead atoms. The van der Waals surface area contributed by atoms with E-state index in [2.05, 4.69) is 4.98 Å². The third-order valence-corrected chi connectivity index (χ3v) is 3.59. The molecule has 3 rings (SSSR count). The summed E-state index contributed by atoms with van der Waals surface area (Å²) >= 11 is 5.32. The van der Waals surface area contributed by atoms with Crippen LogP contribution in [0.1, 0.15) is 6.92 Å². The summed E-state index contributed by atoms with van der Waals surface area (Å²) in [5.41, 5.74) is 1.87. The number of ether oxygens (including phenoxy) is 1. The average Bonchev–Trinajstić information content (AvgIpc) is 2.76. The Morgan fingerprint density at radius 2 is 2.10 bits per heavy atom. The fourth-order valence-corrected chi connectivity index (χ4v) is 2.66. The number of esters is 1. The molecule has 0 aliphatic rings. The Morgan fingerprint density at radius 1 is 1.30 bits per heavy atom. The summed E-state index contributed by atoms with van der Waals surface area (Å²) in [6, 6.07) is 12.1. The molecule has 0 saturated carbocycles. The highest BCUT2D eigenvalue weighted by molar-refractivity contribution is 7.71. The second-order valence-electron chi connectivity index (χ2n) is 4.50. The van der Waals surface area contributed by atoms with E-state index < -0.39 is 0 Å². The molecule has 4 nitrogen and oxygen atoms in total. The van der Waals surface area contributed by atoms with E-state index in [1.807, 2.05) is 36.4 Å². The number of aromatic amines is 1. The molecule has 0 radical (unpaired) electrons. The van der Waals surface area contributed by atoms with Gasteiger partial charge < -0.3 is 14.3 Å². The molecule has 0 spiro atoms. The Bertz CT molecular complexity index is 848. The number of benzene rings is 2. The molecule has 3 aromatic rings. The summed E-state index contributed by atoms with van der Waals surface area (Å²) in [7, 11) is 0. The van der Waals surface area contributed by atoms with Gasteiger partial charge in [-0.3, -0.25) is 4.79 Å². The summed E-state index contributed by atoms with van der Waals surface area (Å²) in [6.45, 7) is 2.29. The molecule has 0 atom stereocenters. The monoisotopic (exact) mass is 286 g/mol. The van der Waals surface area contributed by atoms with Crippen LogP contribution in [0.5, 0.6) is 0 Å². The molecule has 1 aromatic heterocycles. The van der Waals surface area contributed by atoms with Crippen molar-refractivity contribution < 1.29 is 9.53 Å². The average molecular weight is 286 g/mol. The van der Waals surface area contributed by atoms with Crippen molar-refractivity contribution in [3.63, 3.8) is 0 Å². The maximum atomic E-state index is 11.7. The van der Waals surface area contributed by atoms with Crippen LogP contribution in [-0.2, 0) is 16.1 Å². The SMILES string of the molecule is CCOC(=O)Cn1c(=S)[nH]c2c3ccccc3ccc21. The van der Waals surface area contributed by atoms with Gasteiger partial charge in [0.2, 0.25) is 0 Å². The topological polar surface area (TPSA) is 47.0 Å². The lowest BCUT2D eigenvalue weighted by molar-refractivity contribution is -0.143. The highest BCUT2D eigenvalue weighted by Crippen LogP contribution is 2.24. The molecule has 5 heteroatoms. The number of hydrogen-bond donors (Lipinski definition) is 1. The highest BCUT2D eigenvalue weighted by atomic mass is 32.1. The van der Waals surface area contributed by atoms with Crippen LogP contribution in [0.2, 0.25) is 0 Å². The minimum absolute atomic E-state index is 0.130. The Labute approximate surface area is 121 Å². The first kappa shape index (κ1) is 12.9. The van der Waals surface area contributed by atoms with Gasteiger partial charge in [0.25, 0.3) is 0 Å². The van der Waals surface area contributed by atoms with Crippen molar-refractivity contribution in [3.8, 4) is 0 Å². The summed E-state index contributed by atoms with van der Waals surface area (Å²) in [5, 5.41) is 2.23. The maximum Gasteiger partial charge on any atom is 0.326 e. The molecule has 2 aromatic carbocycles. The molecular formula is C15H14N2O2S. The molecule has 0 aliphatic carbocycles. The predicted molar refractivity (Wildman–Crippen MR) is 81.3 cm³/mol. The zero-order valence-electron chi connectivity index (χ0n) is 11.1. The van der Waals surface area contributed by atoms with Crippen LogP contribution < -0.4 is 0 Å². The van der Waals surface area contributed by atoms with Gasteiger partial charge in [0.1, 0.15) is 6.54 Å². The minimum Gasteiger partial charge on any atom is -0.465 e. The Kier molecular flexibility index (Phi) is 3.28. The zero-order valence-corrected chi connectivity index (χ0v) is 11.9. The van der Waals surface area contributed by atoms with Crippen molar-refractivity contribution in [1.82, 2.24) is 9.55 Å². The number of carbonyl (C=O) groups excluding carboxylic acids is 1. The Hall–Kier alpha value is -2.14. The highest BCUT2D eigenvalue weighted by Gasteiger charge is 2.11. The standard InChI is InChI=1S/C15H14N2O2S/c1-2-19-13(18)9-17-12-8-7-10-5-3-4-6-11(10)14(12)16-15(17)20/h3-8H,2,9H2,1H3,(H,16,20). The van der Waals surface area contributed by atoms with Gasteiger partial charge in [0.05, 0.1) is 17.6 Å². The molecule has 1 heterocycles. The van der Waals surface area contributed by atoms with Gasteiger partial charge in [-0.2, -0.15) is 0 Å². The number of aromatic nitrogens is 2. The smallest absolute Gasteiger partial charge is 0.326 e. The van der Waals surface area contributed by atoms with Gasteiger partial charge >= 0.3 is 5.97 Å². The zero-order chi connectivity index (χ0) is 14.1. The molecular weight excluding hydrogens is 272 g/mol. The van der Waals surface area contributed by atoms with Crippen molar-refractivity contribution in [2.45, 2.75) is 13.5 Å². The normalized spacial score (nSPS) is 11.1. The Morgan fingerprint density at radius 3 is 2.90 bits per heavy atom. The van der Waals surface area contributed by atoms with Crippen LogP contribution in [0.3, 0.4) is 0 Å². The summed E-state index contributed by atoms with van der Waals surface area (Å²) < 4.78 is 7.29.